The molecule has 21 heavy (non-hydrogen) atoms. The van der Waals surface area contributed by atoms with E-state index in [1.807, 2.05) is 0 Å². The summed E-state index contributed by atoms with van der Waals surface area (Å²) in [6, 6.07) is 0. The van der Waals surface area contributed by atoms with Gasteiger partial charge in [0.25, 0.3) is 0 Å². The van der Waals surface area contributed by atoms with Crippen LogP contribution in [0.25, 0.3) is 0 Å². The molecule has 0 fully saturated rings. The van der Waals surface area contributed by atoms with E-state index in [-0.39, 0.29) is 11.7 Å². The second-order valence-electron chi connectivity index (χ2n) is 9.03. The molecule has 1 atom stereocenters. The molecule has 4 nitrogen and oxygen atoms in total. The lowest BCUT2D eigenvalue weighted by atomic mass is 10.2. The second kappa shape index (κ2) is 7.11. The van der Waals surface area contributed by atoms with Gasteiger partial charge in [-0.2, -0.15) is 0 Å². The molecule has 0 aromatic heterocycles. The molecule has 0 amide bonds. The first-order valence-corrected chi connectivity index (χ1v) is 19.7. The average molecular weight is 370 g/mol. The van der Waals surface area contributed by atoms with Crippen LogP contribution in [0.3, 0.4) is 0 Å². The van der Waals surface area contributed by atoms with E-state index in [9.17, 15) is 4.57 Å². The van der Waals surface area contributed by atoms with Crippen molar-refractivity contribution in [3.05, 3.63) is 0 Å². The van der Waals surface area contributed by atoms with Crippen LogP contribution in [0.1, 0.15) is 13.8 Å². The predicted octanol–water partition coefficient (Wildman–Crippen LogP) is 5.29. The summed E-state index contributed by atoms with van der Waals surface area (Å²) in [5.74, 6) is -0.0159. The Kier molecular flexibility index (Phi) is 7.37. The first-order valence-electron chi connectivity index (χ1n) is 7.74. The highest BCUT2D eigenvalue weighted by Gasteiger charge is 2.45. The van der Waals surface area contributed by atoms with Crippen LogP contribution >= 0.6 is 7.60 Å². The van der Waals surface area contributed by atoms with Crippen LogP contribution in [-0.2, 0) is 13.0 Å². The van der Waals surface area contributed by atoms with Gasteiger partial charge in [0.15, 0.2) is 16.6 Å². The third-order valence-electron chi connectivity index (χ3n) is 2.36. The minimum Gasteiger partial charge on any atom is -0.351 e. The van der Waals surface area contributed by atoms with E-state index in [0.717, 1.165) is 0 Å². The summed E-state index contributed by atoms with van der Waals surface area (Å²) < 4.78 is 25.9. The van der Waals surface area contributed by atoms with Gasteiger partial charge in [0.2, 0.25) is 0 Å². The summed E-state index contributed by atoms with van der Waals surface area (Å²) in [5, 5.41) is 0. The van der Waals surface area contributed by atoms with Crippen LogP contribution in [0, 0.1) is 5.92 Å². The lowest BCUT2D eigenvalue weighted by molar-refractivity contribution is 0.346. The van der Waals surface area contributed by atoms with Crippen molar-refractivity contribution in [2.45, 2.75) is 78.6 Å². The maximum Gasteiger partial charge on any atom is 0.327 e. The molecular formula is C13H36NO3PSi3. The van der Waals surface area contributed by atoms with Gasteiger partial charge in [-0.15, -0.1) is 0 Å². The predicted molar refractivity (Wildman–Crippen MR) is 102 cm³/mol. The van der Waals surface area contributed by atoms with Crippen LogP contribution in [0.2, 0.25) is 58.9 Å². The Morgan fingerprint density at radius 3 is 1.33 bits per heavy atom. The number of nitrogens with one attached hydrogen (secondary N) is 1. The fraction of sp³-hybridized carbons (Fsp3) is 1.00. The van der Waals surface area contributed by atoms with Crippen molar-refractivity contribution in [1.82, 2.24) is 4.98 Å². The highest BCUT2D eigenvalue weighted by atomic mass is 31.2. The minimum absolute atomic E-state index is 0.204. The van der Waals surface area contributed by atoms with Gasteiger partial charge in [0.1, 0.15) is 14.0 Å². The van der Waals surface area contributed by atoms with E-state index in [2.05, 4.69) is 77.8 Å². The fourth-order valence-electron chi connectivity index (χ4n) is 1.95. The molecule has 0 aliphatic rings. The topological polar surface area (TPSA) is 47.6 Å². The van der Waals surface area contributed by atoms with Crippen molar-refractivity contribution in [3.8, 4) is 0 Å². The van der Waals surface area contributed by atoms with E-state index < -0.39 is 32.5 Å². The van der Waals surface area contributed by atoms with Gasteiger partial charge in [0.05, 0.1) is 0 Å². The zero-order chi connectivity index (χ0) is 17.3. The van der Waals surface area contributed by atoms with E-state index in [1.54, 1.807) is 0 Å². The van der Waals surface area contributed by atoms with E-state index in [0.29, 0.717) is 0 Å². The normalized spacial score (nSPS) is 16.4. The van der Waals surface area contributed by atoms with Crippen molar-refractivity contribution < 1.29 is 13.0 Å². The molecule has 0 aliphatic carbocycles. The molecule has 0 saturated heterocycles. The number of rotatable bonds is 8. The fourth-order valence-corrected chi connectivity index (χ4v) is 13.2. The van der Waals surface area contributed by atoms with Crippen LogP contribution in [0.15, 0.2) is 0 Å². The molecule has 1 unspecified atom stereocenters. The maximum absolute atomic E-state index is 13.6. The monoisotopic (exact) mass is 369 g/mol. The summed E-state index contributed by atoms with van der Waals surface area (Å²) in [4.78, 5) is 3.61. The maximum atomic E-state index is 13.6. The average Bonchev–Trinajstić information content (AvgIpc) is 2.05. The van der Waals surface area contributed by atoms with Gasteiger partial charge in [-0.25, -0.2) is 0 Å². The molecule has 0 saturated carbocycles. The van der Waals surface area contributed by atoms with E-state index in [4.69, 9.17) is 8.43 Å². The molecule has 128 valence electrons. The summed E-state index contributed by atoms with van der Waals surface area (Å²) in [5.41, 5.74) is 0. The SMILES string of the molecule is CC(C)C(N[Si](C)(C)C)P(=O)(O[Si](C)(C)C)O[Si](C)(C)C. The third kappa shape index (κ3) is 9.48. The molecule has 0 aliphatic heterocycles. The lowest BCUT2D eigenvalue weighted by Crippen LogP contribution is -2.51. The molecule has 0 bridgehead atoms. The van der Waals surface area contributed by atoms with Crippen molar-refractivity contribution in [2.24, 2.45) is 5.92 Å². The summed E-state index contributed by atoms with van der Waals surface area (Å²) in [6.45, 7) is 23.2. The molecule has 8 heteroatoms. The molecule has 0 rings (SSSR count). The Bertz CT molecular complexity index is 364. The highest BCUT2D eigenvalue weighted by molar-refractivity contribution is 7.58. The van der Waals surface area contributed by atoms with Gasteiger partial charge in [-0.05, 0) is 45.2 Å². The van der Waals surface area contributed by atoms with Crippen LogP contribution in [0.4, 0.5) is 0 Å². The third-order valence-corrected chi connectivity index (χ3v) is 11.6. The second-order valence-corrected chi connectivity index (χ2v) is 25.4. The highest BCUT2D eigenvalue weighted by Crippen LogP contribution is 2.58. The van der Waals surface area contributed by atoms with Gasteiger partial charge in [0, 0.05) is 0 Å². The minimum atomic E-state index is -3.18. The van der Waals surface area contributed by atoms with Crippen molar-refractivity contribution in [2.75, 3.05) is 0 Å². The number of hydrogen-bond acceptors (Lipinski definition) is 4. The Hall–Kier alpha value is 0.761. The van der Waals surface area contributed by atoms with Crippen molar-refractivity contribution in [3.63, 3.8) is 0 Å². The van der Waals surface area contributed by atoms with Crippen LogP contribution < -0.4 is 4.98 Å². The Labute approximate surface area is 135 Å². The molecule has 0 spiro atoms. The first-order chi connectivity index (χ1) is 8.95. The summed E-state index contributed by atoms with van der Waals surface area (Å²) in [7, 11) is -8.71. The largest absolute Gasteiger partial charge is 0.351 e. The van der Waals surface area contributed by atoms with Crippen LogP contribution in [0.5, 0.6) is 0 Å². The van der Waals surface area contributed by atoms with E-state index in [1.165, 1.54) is 0 Å². The van der Waals surface area contributed by atoms with Crippen LogP contribution in [-0.4, -0.2) is 30.7 Å². The quantitative estimate of drug-likeness (QED) is 0.466. The molecule has 0 aromatic rings. The zero-order valence-electron chi connectivity index (χ0n) is 15.8. The molecule has 0 radical (unpaired) electrons. The van der Waals surface area contributed by atoms with Gasteiger partial charge < -0.3 is 13.4 Å². The lowest BCUT2D eigenvalue weighted by Gasteiger charge is -2.40. The molecule has 0 aromatic carbocycles. The Morgan fingerprint density at radius 1 is 0.810 bits per heavy atom. The Balaban J connectivity index is 5.66. The molecule has 1 N–H and O–H groups in total. The molecular weight excluding hydrogens is 333 g/mol. The van der Waals surface area contributed by atoms with Crippen molar-refractivity contribution in [1.29, 1.82) is 0 Å². The van der Waals surface area contributed by atoms with Gasteiger partial charge in [-0.1, -0.05) is 33.5 Å². The van der Waals surface area contributed by atoms with E-state index >= 15 is 0 Å². The standard InChI is InChI=1S/C13H36NO3PSi3/c1-12(2)13(14-19(3,4)5)18(15,16-20(6,7)8)17-21(9,10)11/h12-14H,1-11H3. The Morgan fingerprint density at radius 2 is 1.14 bits per heavy atom. The summed E-state index contributed by atoms with van der Waals surface area (Å²) >= 11 is 0. The van der Waals surface area contributed by atoms with Crippen molar-refractivity contribution >= 4 is 32.5 Å². The zero-order valence-corrected chi connectivity index (χ0v) is 19.7. The van der Waals surface area contributed by atoms with Gasteiger partial charge >= 0.3 is 7.60 Å². The first kappa shape index (κ1) is 21.8. The number of hydrogen-bond donors (Lipinski definition) is 1. The smallest absolute Gasteiger partial charge is 0.327 e. The summed E-state index contributed by atoms with van der Waals surface area (Å²) in [6.07, 6.45) is 0. The molecule has 0 heterocycles. The van der Waals surface area contributed by atoms with Gasteiger partial charge in [-0.3, -0.25) is 4.57 Å².